The third-order valence-corrected chi connectivity index (χ3v) is 4.46. The summed E-state index contributed by atoms with van der Waals surface area (Å²) in [5.74, 6) is 0. The summed E-state index contributed by atoms with van der Waals surface area (Å²) < 4.78 is 1.28. The number of halogens is 3. The number of alkyl halides is 2. The van der Waals surface area contributed by atoms with E-state index in [0.717, 1.165) is 5.33 Å². The van der Waals surface area contributed by atoms with Crippen molar-refractivity contribution in [2.24, 2.45) is 0 Å². The van der Waals surface area contributed by atoms with Gasteiger partial charge >= 0.3 is 0 Å². The van der Waals surface area contributed by atoms with Crippen molar-refractivity contribution in [3.05, 3.63) is 33.4 Å². The summed E-state index contributed by atoms with van der Waals surface area (Å²) in [7, 11) is 0. The van der Waals surface area contributed by atoms with E-state index in [4.69, 9.17) is 0 Å². The molecule has 1 unspecified atom stereocenters. The molecule has 0 heterocycles. The van der Waals surface area contributed by atoms with Gasteiger partial charge in [0.2, 0.25) is 0 Å². The van der Waals surface area contributed by atoms with Gasteiger partial charge in [0.15, 0.2) is 0 Å². The van der Waals surface area contributed by atoms with Gasteiger partial charge in [-0.1, -0.05) is 44.0 Å². The maximum atomic E-state index is 3.56. The van der Waals surface area contributed by atoms with Crippen LogP contribution in [0.15, 0.2) is 24.3 Å². The van der Waals surface area contributed by atoms with Crippen LogP contribution in [0.5, 0.6) is 0 Å². The maximum Gasteiger partial charge on any atom is 0.0492 e. The van der Waals surface area contributed by atoms with Crippen molar-refractivity contribution in [1.29, 1.82) is 0 Å². The second-order valence-electron chi connectivity index (χ2n) is 2.17. The van der Waals surface area contributed by atoms with Gasteiger partial charge in [0, 0.05) is 13.7 Å². The summed E-state index contributed by atoms with van der Waals surface area (Å²) >= 11 is 9.29. The number of hydrogen-bond acceptors (Lipinski definition) is 0. The van der Waals surface area contributed by atoms with Crippen LogP contribution in [-0.2, 0) is 0 Å². The highest BCUT2D eigenvalue weighted by molar-refractivity contribution is 14.1. The molecule has 0 aromatic heterocycles. The Morgan fingerprint density at radius 3 is 2.27 bits per heavy atom. The number of rotatable bonds is 2. The molecule has 1 rings (SSSR count). The molecule has 0 radical (unpaired) electrons. The Morgan fingerprint density at radius 2 is 1.82 bits per heavy atom. The molecular weight excluding hydrogens is 383 g/mol. The van der Waals surface area contributed by atoms with Crippen LogP contribution >= 0.6 is 54.5 Å². The van der Waals surface area contributed by atoms with Gasteiger partial charge in [-0.15, -0.1) is 0 Å². The second kappa shape index (κ2) is 4.82. The van der Waals surface area contributed by atoms with Gasteiger partial charge in [0.05, 0.1) is 0 Å². The summed E-state index contributed by atoms with van der Waals surface area (Å²) in [6, 6.07) is 8.52. The van der Waals surface area contributed by atoms with Crippen LogP contribution in [-0.4, -0.2) is 5.33 Å². The first-order chi connectivity index (χ1) is 5.24. The van der Waals surface area contributed by atoms with E-state index in [1.54, 1.807) is 0 Å². The molecule has 0 saturated carbocycles. The Morgan fingerprint density at radius 1 is 1.27 bits per heavy atom. The molecule has 0 bridgehead atoms. The largest absolute Gasteiger partial charge is 0.0912 e. The molecule has 3 heteroatoms. The van der Waals surface area contributed by atoms with Crippen LogP contribution in [0.25, 0.3) is 0 Å². The highest BCUT2D eigenvalue weighted by Crippen LogP contribution is 2.24. The molecule has 0 aliphatic carbocycles. The third-order valence-electron chi connectivity index (χ3n) is 1.37. The number of benzene rings is 1. The van der Waals surface area contributed by atoms with E-state index in [2.05, 4.69) is 78.7 Å². The topological polar surface area (TPSA) is 0 Å². The Hall–Kier alpha value is 0.910. The summed E-state index contributed by atoms with van der Waals surface area (Å²) in [5.41, 5.74) is 1.32. The number of hydrogen-bond donors (Lipinski definition) is 0. The molecule has 0 aliphatic rings. The van der Waals surface area contributed by atoms with Crippen molar-refractivity contribution >= 4 is 54.5 Å². The van der Waals surface area contributed by atoms with Crippen molar-refractivity contribution < 1.29 is 0 Å². The normalized spacial score (nSPS) is 13.0. The Bertz CT molecular complexity index is 220. The first kappa shape index (κ1) is 9.99. The van der Waals surface area contributed by atoms with Crippen molar-refractivity contribution in [3.8, 4) is 0 Å². The average molecular weight is 390 g/mol. The van der Waals surface area contributed by atoms with Crippen molar-refractivity contribution in [2.75, 3.05) is 5.33 Å². The van der Waals surface area contributed by atoms with Gasteiger partial charge in [-0.3, -0.25) is 0 Å². The predicted octanol–water partition coefficient (Wildman–Crippen LogP) is 4.12. The smallest absolute Gasteiger partial charge is 0.0492 e. The Kier molecular flexibility index (Phi) is 4.38. The van der Waals surface area contributed by atoms with Gasteiger partial charge in [-0.25, -0.2) is 0 Å². The minimum atomic E-state index is 0.430. The molecule has 60 valence electrons. The predicted molar refractivity (Wildman–Crippen MR) is 64.6 cm³/mol. The lowest BCUT2D eigenvalue weighted by Crippen LogP contribution is -1.89. The van der Waals surface area contributed by atoms with Gasteiger partial charge < -0.3 is 0 Å². The third kappa shape index (κ3) is 3.03. The summed E-state index contributed by atoms with van der Waals surface area (Å²) in [6.45, 7) is 0. The van der Waals surface area contributed by atoms with E-state index in [-0.39, 0.29) is 0 Å². The van der Waals surface area contributed by atoms with Gasteiger partial charge in [-0.2, -0.15) is 0 Å². The van der Waals surface area contributed by atoms with Gasteiger partial charge in [-0.05, 0) is 40.3 Å². The lowest BCUT2D eigenvalue weighted by atomic mass is 10.2. The fourth-order valence-corrected chi connectivity index (χ4v) is 1.80. The summed E-state index contributed by atoms with van der Waals surface area (Å²) in [6.07, 6.45) is 0. The van der Waals surface area contributed by atoms with Crippen molar-refractivity contribution in [1.82, 2.24) is 0 Å². The lowest BCUT2D eigenvalue weighted by molar-refractivity contribution is 1.15. The van der Waals surface area contributed by atoms with E-state index in [9.17, 15) is 0 Å². The second-order valence-corrected chi connectivity index (χ2v) is 5.17. The minimum absolute atomic E-state index is 0.430. The molecule has 0 N–H and O–H groups in total. The minimum Gasteiger partial charge on any atom is -0.0912 e. The molecule has 0 saturated heterocycles. The average Bonchev–Trinajstić information content (AvgIpc) is 2.05. The van der Waals surface area contributed by atoms with Crippen LogP contribution in [0, 0.1) is 3.57 Å². The lowest BCUT2D eigenvalue weighted by Gasteiger charge is -2.04. The quantitative estimate of drug-likeness (QED) is 0.527. The fourth-order valence-electron chi connectivity index (χ4n) is 0.761. The first-order valence-corrected chi connectivity index (χ1v) is 6.31. The monoisotopic (exact) mass is 388 g/mol. The van der Waals surface area contributed by atoms with Crippen LogP contribution in [0.3, 0.4) is 0 Å². The molecule has 1 atom stereocenters. The zero-order valence-electron chi connectivity index (χ0n) is 5.73. The van der Waals surface area contributed by atoms with Gasteiger partial charge in [0.1, 0.15) is 0 Å². The van der Waals surface area contributed by atoms with Crippen molar-refractivity contribution in [3.63, 3.8) is 0 Å². The molecule has 0 amide bonds. The van der Waals surface area contributed by atoms with E-state index in [1.807, 2.05) is 0 Å². The highest BCUT2D eigenvalue weighted by Gasteiger charge is 2.03. The highest BCUT2D eigenvalue weighted by atomic mass is 127. The molecule has 0 fully saturated rings. The summed E-state index contributed by atoms with van der Waals surface area (Å²) in [5, 5.41) is 0.952. The Labute approximate surface area is 97.2 Å². The fraction of sp³-hybridized carbons (Fsp3) is 0.250. The van der Waals surface area contributed by atoms with Gasteiger partial charge in [0.25, 0.3) is 0 Å². The van der Waals surface area contributed by atoms with E-state index in [0.29, 0.717) is 4.83 Å². The molecule has 1 aromatic carbocycles. The van der Waals surface area contributed by atoms with Crippen LogP contribution in [0.4, 0.5) is 0 Å². The molecule has 0 aliphatic heterocycles. The van der Waals surface area contributed by atoms with E-state index >= 15 is 0 Å². The van der Waals surface area contributed by atoms with Crippen molar-refractivity contribution in [2.45, 2.75) is 4.83 Å². The first-order valence-electron chi connectivity index (χ1n) is 3.19. The SMILES string of the molecule is BrCC(Br)c1ccc(I)cc1. The standard InChI is InChI=1S/C8H7Br2I/c9-5-8(10)6-1-3-7(11)4-2-6/h1-4,8H,5H2. The van der Waals surface area contributed by atoms with E-state index < -0.39 is 0 Å². The molecule has 1 aromatic rings. The molecule has 0 spiro atoms. The Balaban J connectivity index is 2.81. The van der Waals surface area contributed by atoms with E-state index in [1.165, 1.54) is 9.13 Å². The maximum absolute atomic E-state index is 3.56. The molecule has 0 nitrogen and oxygen atoms in total. The van der Waals surface area contributed by atoms with Crippen LogP contribution < -0.4 is 0 Å². The summed E-state index contributed by atoms with van der Waals surface area (Å²) in [4.78, 5) is 0.430. The van der Waals surface area contributed by atoms with Crippen LogP contribution in [0.1, 0.15) is 10.4 Å². The van der Waals surface area contributed by atoms with Crippen LogP contribution in [0.2, 0.25) is 0 Å². The molecular formula is C8H7Br2I. The molecule has 11 heavy (non-hydrogen) atoms. The zero-order valence-corrected chi connectivity index (χ0v) is 11.1. The zero-order chi connectivity index (χ0) is 8.27.